The maximum atomic E-state index is 13.3. The number of nitrogens with one attached hydrogen (secondary N) is 2. The number of piperazine rings is 1. The van der Waals surface area contributed by atoms with Crippen molar-refractivity contribution in [2.75, 3.05) is 19.6 Å². The van der Waals surface area contributed by atoms with Crippen LogP contribution in [0.1, 0.15) is 37.2 Å². The molecule has 3 aliphatic rings. The molecule has 0 aromatic carbocycles. The molecule has 138 valence electrons. The second kappa shape index (κ2) is 7.33. The van der Waals surface area contributed by atoms with E-state index in [1.165, 1.54) is 0 Å². The van der Waals surface area contributed by atoms with E-state index in [0.29, 0.717) is 6.54 Å². The first-order valence-electron chi connectivity index (χ1n) is 8.92. The number of rotatable bonds is 2. The highest BCUT2D eigenvalue weighted by Gasteiger charge is 2.44. The van der Waals surface area contributed by atoms with E-state index < -0.39 is 0 Å². The molecule has 0 radical (unpaired) electrons. The molecule has 2 unspecified atom stereocenters. The van der Waals surface area contributed by atoms with E-state index >= 15 is 0 Å². The summed E-state index contributed by atoms with van der Waals surface area (Å²) in [4.78, 5) is 27.2. The monoisotopic (exact) mass is 367 g/mol. The minimum atomic E-state index is -0.109. The Bertz CT molecular complexity index is 649. The summed E-state index contributed by atoms with van der Waals surface area (Å²) in [6.45, 7) is 1.67. The molecule has 2 aliphatic heterocycles. The first-order chi connectivity index (χ1) is 11.6. The van der Waals surface area contributed by atoms with Crippen LogP contribution in [0.15, 0.2) is 12.4 Å². The van der Waals surface area contributed by atoms with E-state index in [1.54, 1.807) is 4.68 Å². The summed E-state index contributed by atoms with van der Waals surface area (Å²) in [5.74, 6) is 0.136. The van der Waals surface area contributed by atoms with Gasteiger partial charge in [-0.3, -0.25) is 14.3 Å². The number of halogens is 1. The Balaban J connectivity index is 0.00000182. The molecular formula is C17H26ClN5O2. The average Bonchev–Trinajstić information content (AvgIpc) is 3.21. The van der Waals surface area contributed by atoms with Crippen LogP contribution < -0.4 is 10.6 Å². The first kappa shape index (κ1) is 18.2. The minimum absolute atomic E-state index is 0. The molecule has 4 rings (SSSR count). The summed E-state index contributed by atoms with van der Waals surface area (Å²) in [5.41, 5.74) is 1.10. The molecule has 2 N–H and O–H groups in total. The van der Waals surface area contributed by atoms with Gasteiger partial charge in [0, 0.05) is 38.3 Å². The fourth-order valence-corrected chi connectivity index (χ4v) is 4.55. The van der Waals surface area contributed by atoms with Gasteiger partial charge in [-0.15, -0.1) is 12.4 Å². The van der Waals surface area contributed by atoms with Gasteiger partial charge in [0.25, 0.3) is 0 Å². The number of nitrogens with zero attached hydrogens (tertiary/aromatic N) is 3. The van der Waals surface area contributed by atoms with Gasteiger partial charge in [-0.1, -0.05) is 12.8 Å². The highest BCUT2D eigenvalue weighted by molar-refractivity contribution is 5.88. The third-order valence-corrected chi connectivity index (χ3v) is 5.76. The fourth-order valence-electron chi connectivity index (χ4n) is 4.55. The van der Waals surface area contributed by atoms with Crippen molar-refractivity contribution in [2.24, 2.45) is 13.0 Å². The Kier molecular flexibility index (Phi) is 5.34. The van der Waals surface area contributed by atoms with Gasteiger partial charge < -0.3 is 15.5 Å². The van der Waals surface area contributed by atoms with Gasteiger partial charge in [0.2, 0.25) is 11.8 Å². The van der Waals surface area contributed by atoms with Crippen molar-refractivity contribution in [1.29, 1.82) is 0 Å². The normalized spacial score (nSPS) is 31.9. The zero-order valence-corrected chi connectivity index (χ0v) is 15.3. The average molecular weight is 368 g/mol. The van der Waals surface area contributed by atoms with Crippen molar-refractivity contribution < 1.29 is 9.59 Å². The van der Waals surface area contributed by atoms with E-state index in [4.69, 9.17) is 0 Å². The molecule has 3 fully saturated rings. The Morgan fingerprint density at radius 1 is 1.28 bits per heavy atom. The zero-order valence-electron chi connectivity index (χ0n) is 14.5. The molecule has 0 spiro atoms. The lowest BCUT2D eigenvalue weighted by Gasteiger charge is -2.45. The molecule has 1 aromatic heterocycles. The minimum Gasteiger partial charge on any atom is -0.350 e. The number of carbonyl (C=O) groups is 2. The predicted octanol–water partition coefficient (Wildman–Crippen LogP) is 0.415. The third-order valence-electron chi connectivity index (χ3n) is 5.76. The van der Waals surface area contributed by atoms with Gasteiger partial charge in [0.15, 0.2) is 0 Å². The molecule has 2 saturated heterocycles. The molecule has 1 saturated carbocycles. The van der Waals surface area contributed by atoms with Crippen LogP contribution in [0.25, 0.3) is 0 Å². The molecule has 1 aliphatic carbocycles. The van der Waals surface area contributed by atoms with Gasteiger partial charge in [-0.25, -0.2) is 0 Å². The Hall–Kier alpha value is -1.60. The number of amides is 2. The SMILES string of the molecule is Cl.Cn1cc([C@H]2CNC[C@@H]2C(=O)N2CC(=O)NC3CCCCC32)cn1. The fraction of sp³-hybridized carbons (Fsp3) is 0.706. The van der Waals surface area contributed by atoms with Gasteiger partial charge in [0.1, 0.15) is 0 Å². The summed E-state index contributed by atoms with van der Waals surface area (Å²) in [6, 6.07) is 0.300. The maximum Gasteiger partial charge on any atom is 0.239 e. The molecule has 7 nitrogen and oxygen atoms in total. The van der Waals surface area contributed by atoms with Crippen molar-refractivity contribution >= 4 is 24.2 Å². The quantitative estimate of drug-likeness (QED) is 0.793. The van der Waals surface area contributed by atoms with E-state index in [-0.39, 0.29) is 54.7 Å². The van der Waals surface area contributed by atoms with E-state index in [2.05, 4.69) is 15.7 Å². The summed E-state index contributed by atoms with van der Waals surface area (Å²) in [5, 5.41) is 10.7. The molecule has 1 aromatic rings. The van der Waals surface area contributed by atoms with Gasteiger partial charge in [-0.05, 0) is 18.4 Å². The Labute approximate surface area is 153 Å². The largest absolute Gasteiger partial charge is 0.350 e. The van der Waals surface area contributed by atoms with Gasteiger partial charge >= 0.3 is 0 Å². The molecule has 8 heteroatoms. The van der Waals surface area contributed by atoms with Crippen molar-refractivity contribution in [3.8, 4) is 0 Å². The van der Waals surface area contributed by atoms with Crippen LogP contribution in [0.2, 0.25) is 0 Å². The number of aromatic nitrogens is 2. The maximum absolute atomic E-state index is 13.3. The van der Waals surface area contributed by atoms with Crippen LogP contribution in [0.3, 0.4) is 0 Å². The second-order valence-electron chi connectivity index (χ2n) is 7.31. The number of aryl methyl sites for hydroxylation is 1. The molecular weight excluding hydrogens is 342 g/mol. The standard InChI is InChI=1S/C17H25N5O2.ClH/c1-21-9-11(6-19-21)12-7-18-8-13(12)17(24)22-10-16(23)20-14-4-2-3-5-15(14)22;/h6,9,12-15,18H,2-5,7-8,10H2,1H3,(H,20,23);1H/t12-,13+,14?,15?;/m1./s1. The van der Waals surface area contributed by atoms with Crippen LogP contribution >= 0.6 is 12.4 Å². The Morgan fingerprint density at radius 2 is 2.08 bits per heavy atom. The lowest BCUT2D eigenvalue weighted by molar-refractivity contribution is -0.147. The smallest absolute Gasteiger partial charge is 0.239 e. The summed E-state index contributed by atoms with van der Waals surface area (Å²) in [6.07, 6.45) is 8.08. The summed E-state index contributed by atoms with van der Waals surface area (Å²) in [7, 11) is 1.89. The lowest BCUT2D eigenvalue weighted by Crippen LogP contribution is -2.64. The lowest BCUT2D eigenvalue weighted by atomic mass is 9.84. The van der Waals surface area contributed by atoms with Crippen molar-refractivity contribution in [1.82, 2.24) is 25.3 Å². The second-order valence-corrected chi connectivity index (χ2v) is 7.31. The zero-order chi connectivity index (χ0) is 16.7. The van der Waals surface area contributed by atoms with Crippen LogP contribution in [-0.2, 0) is 16.6 Å². The van der Waals surface area contributed by atoms with Crippen LogP contribution in [0, 0.1) is 5.92 Å². The molecule has 2 amide bonds. The van der Waals surface area contributed by atoms with E-state index in [9.17, 15) is 9.59 Å². The molecule has 0 bridgehead atoms. The number of hydrogen-bond acceptors (Lipinski definition) is 4. The highest BCUT2D eigenvalue weighted by Crippen LogP contribution is 2.33. The molecule has 4 atom stereocenters. The van der Waals surface area contributed by atoms with Crippen LogP contribution in [0.4, 0.5) is 0 Å². The Morgan fingerprint density at radius 3 is 2.84 bits per heavy atom. The topological polar surface area (TPSA) is 79.3 Å². The van der Waals surface area contributed by atoms with Crippen molar-refractivity contribution in [3.05, 3.63) is 18.0 Å². The van der Waals surface area contributed by atoms with Crippen LogP contribution in [-0.4, -0.2) is 58.2 Å². The first-order valence-corrected chi connectivity index (χ1v) is 8.92. The van der Waals surface area contributed by atoms with Gasteiger partial charge in [-0.2, -0.15) is 5.10 Å². The number of carbonyl (C=O) groups excluding carboxylic acids is 2. The van der Waals surface area contributed by atoms with E-state index in [1.807, 2.05) is 24.3 Å². The third kappa shape index (κ3) is 3.40. The molecule has 3 heterocycles. The molecule has 25 heavy (non-hydrogen) atoms. The van der Waals surface area contributed by atoms with Crippen molar-refractivity contribution in [2.45, 2.75) is 43.7 Å². The summed E-state index contributed by atoms with van der Waals surface area (Å²) >= 11 is 0. The summed E-state index contributed by atoms with van der Waals surface area (Å²) < 4.78 is 1.78. The highest BCUT2D eigenvalue weighted by atomic mass is 35.5. The predicted molar refractivity (Wildman–Crippen MR) is 95.5 cm³/mol. The van der Waals surface area contributed by atoms with Crippen molar-refractivity contribution in [3.63, 3.8) is 0 Å². The number of fused-ring (bicyclic) bond motifs is 1. The van der Waals surface area contributed by atoms with Gasteiger partial charge in [0.05, 0.1) is 24.7 Å². The van der Waals surface area contributed by atoms with Crippen LogP contribution in [0.5, 0.6) is 0 Å². The van der Waals surface area contributed by atoms with E-state index in [0.717, 1.165) is 37.8 Å². The number of hydrogen-bond donors (Lipinski definition) is 2.